The third-order valence-electron chi connectivity index (χ3n) is 1.54. The number of aromatic nitrogens is 2. The Bertz CT molecular complexity index is 379. The van der Waals surface area contributed by atoms with Gasteiger partial charge < -0.3 is 10.0 Å². The Hall–Kier alpha value is -1.96. The van der Waals surface area contributed by atoms with Crippen molar-refractivity contribution < 1.29 is 14.7 Å². The van der Waals surface area contributed by atoms with Gasteiger partial charge in [-0.15, -0.1) is 16.8 Å². The SMILES string of the molecule is C=CCN(CC(=O)O)C(=O)Nc1nncs1. The van der Waals surface area contributed by atoms with E-state index in [1.807, 2.05) is 0 Å². The summed E-state index contributed by atoms with van der Waals surface area (Å²) in [4.78, 5) is 23.2. The third-order valence-corrected chi connectivity index (χ3v) is 2.14. The summed E-state index contributed by atoms with van der Waals surface area (Å²) < 4.78 is 0. The molecule has 0 spiro atoms. The molecule has 1 aromatic heterocycles. The van der Waals surface area contributed by atoms with Crippen molar-refractivity contribution in [3.8, 4) is 0 Å². The van der Waals surface area contributed by atoms with Crippen molar-refractivity contribution in [3.63, 3.8) is 0 Å². The second-order valence-electron chi connectivity index (χ2n) is 2.74. The van der Waals surface area contributed by atoms with Crippen molar-refractivity contribution in [1.29, 1.82) is 0 Å². The van der Waals surface area contributed by atoms with Crippen LogP contribution in [0.25, 0.3) is 0 Å². The van der Waals surface area contributed by atoms with Crippen molar-refractivity contribution in [2.75, 3.05) is 18.4 Å². The van der Waals surface area contributed by atoms with Crippen molar-refractivity contribution in [3.05, 3.63) is 18.2 Å². The standard InChI is InChI=1S/C8H10N4O3S/c1-2-3-12(4-6(13)14)8(15)10-7-11-9-5-16-7/h2,5H,1,3-4H2,(H,13,14)(H,10,11,15). The molecule has 0 saturated carbocycles. The van der Waals surface area contributed by atoms with Crippen LogP contribution in [-0.2, 0) is 4.79 Å². The van der Waals surface area contributed by atoms with Crippen molar-refractivity contribution in [2.24, 2.45) is 0 Å². The van der Waals surface area contributed by atoms with E-state index >= 15 is 0 Å². The van der Waals surface area contributed by atoms with Crippen molar-refractivity contribution in [2.45, 2.75) is 0 Å². The van der Waals surface area contributed by atoms with E-state index in [1.54, 1.807) is 0 Å². The van der Waals surface area contributed by atoms with Gasteiger partial charge in [0.2, 0.25) is 5.13 Å². The second-order valence-corrected chi connectivity index (χ2v) is 3.57. The molecule has 0 radical (unpaired) electrons. The highest BCUT2D eigenvalue weighted by molar-refractivity contribution is 7.13. The maximum Gasteiger partial charge on any atom is 0.324 e. The topological polar surface area (TPSA) is 95.4 Å². The first-order valence-electron chi connectivity index (χ1n) is 4.28. The predicted molar refractivity (Wildman–Crippen MR) is 58.3 cm³/mol. The van der Waals surface area contributed by atoms with Crippen LogP contribution >= 0.6 is 11.3 Å². The van der Waals surface area contributed by atoms with Crippen LogP contribution in [0.5, 0.6) is 0 Å². The number of carboxylic acids is 1. The van der Waals surface area contributed by atoms with Crippen LogP contribution in [-0.4, -0.2) is 45.3 Å². The number of carbonyl (C=O) groups excluding carboxylic acids is 1. The Balaban J connectivity index is 2.59. The molecule has 0 aliphatic rings. The molecule has 2 N–H and O–H groups in total. The van der Waals surface area contributed by atoms with Gasteiger partial charge in [-0.1, -0.05) is 17.4 Å². The van der Waals surface area contributed by atoms with Crippen LogP contribution < -0.4 is 5.32 Å². The Morgan fingerprint density at radius 1 is 1.69 bits per heavy atom. The van der Waals surface area contributed by atoms with E-state index in [2.05, 4.69) is 22.1 Å². The van der Waals surface area contributed by atoms with Gasteiger partial charge >= 0.3 is 12.0 Å². The zero-order valence-corrected chi connectivity index (χ0v) is 9.11. The Morgan fingerprint density at radius 3 is 2.94 bits per heavy atom. The van der Waals surface area contributed by atoms with Gasteiger partial charge in [0.15, 0.2) is 0 Å². The van der Waals surface area contributed by atoms with Gasteiger partial charge in [0, 0.05) is 6.54 Å². The molecule has 0 unspecified atom stereocenters. The molecule has 7 nitrogen and oxygen atoms in total. The van der Waals surface area contributed by atoms with E-state index in [0.29, 0.717) is 5.13 Å². The summed E-state index contributed by atoms with van der Waals surface area (Å²) in [6.45, 7) is 3.20. The highest BCUT2D eigenvalue weighted by Gasteiger charge is 2.16. The molecule has 0 aliphatic heterocycles. The third kappa shape index (κ3) is 3.65. The number of nitrogens with one attached hydrogen (secondary N) is 1. The van der Waals surface area contributed by atoms with Gasteiger partial charge in [-0.25, -0.2) is 4.79 Å². The fourth-order valence-electron chi connectivity index (χ4n) is 0.936. The number of hydrogen-bond donors (Lipinski definition) is 2. The largest absolute Gasteiger partial charge is 0.480 e. The van der Waals surface area contributed by atoms with E-state index in [1.165, 1.54) is 11.6 Å². The first kappa shape index (κ1) is 12.1. The van der Waals surface area contributed by atoms with Gasteiger partial charge in [0.25, 0.3) is 0 Å². The molecule has 16 heavy (non-hydrogen) atoms. The highest BCUT2D eigenvalue weighted by Crippen LogP contribution is 2.08. The highest BCUT2D eigenvalue weighted by atomic mass is 32.1. The number of carboxylic acid groups (broad SMARTS) is 1. The molecule has 2 amide bonds. The smallest absolute Gasteiger partial charge is 0.324 e. The lowest BCUT2D eigenvalue weighted by Crippen LogP contribution is -2.38. The average molecular weight is 242 g/mol. The summed E-state index contributed by atoms with van der Waals surface area (Å²) in [5.41, 5.74) is 1.46. The molecule has 8 heteroatoms. The summed E-state index contributed by atoms with van der Waals surface area (Å²) in [6, 6.07) is -0.543. The minimum absolute atomic E-state index is 0.150. The molecular formula is C8H10N4O3S. The van der Waals surface area contributed by atoms with E-state index < -0.39 is 18.5 Å². The minimum Gasteiger partial charge on any atom is -0.480 e. The first-order chi connectivity index (χ1) is 7.63. The second kappa shape index (κ2) is 5.81. The molecule has 1 aromatic rings. The zero-order valence-electron chi connectivity index (χ0n) is 8.29. The normalized spacial score (nSPS) is 9.50. The van der Waals surface area contributed by atoms with Gasteiger partial charge in [0.1, 0.15) is 12.1 Å². The van der Waals surface area contributed by atoms with Gasteiger partial charge in [0.05, 0.1) is 0 Å². The minimum atomic E-state index is -1.09. The monoisotopic (exact) mass is 242 g/mol. The number of carbonyl (C=O) groups is 2. The maximum atomic E-state index is 11.6. The first-order valence-corrected chi connectivity index (χ1v) is 5.16. The van der Waals surface area contributed by atoms with Crippen LogP contribution in [0.15, 0.2) is 18.2 Å². The number of rotatable bonds is 5. The number of anilines is 1. The fraction of sp³-hybridized carbons (Fsp3) is 0.250. The molecule has 1 rings (SSSR count). The summed E-state index contributed by atoms with van der Waals surface area (Å²) in [7, 11) is 0. The van der Waals surface area contributed by atoms with Crippen molar-refractivity contribution in [1.82, 2.24) is 15.1 Å². The van der Waals surface area contributed by atoms with E-state index in [-0.39, 0.29) is 6.54 Å². The van der Waals surface area contributed by atoms with Gasteiger partial charge in [-0.05, 0) is 0 Å². The van der Waals surface area contributed by atoms with Crippen LogP contribution in [0.2, 0.25) is 0 Å². The fourth-order valence-corrected chi connectivity index (χ4v) is 1.37. The molecular weight excluding hydrogens is 232 g/mol. The van der Waals surface area contributed by atoms with E-state index in [0.717, 1.165) is 16.2 Å². The van der Waals surface area contributed by atoms with Crippen LogP contribution in [0.3, 0.4) is 0 Å². The molecule has 1 heterocycles. The summed E-state index contributed by atoms with van der Waals surface area (Å²) in [5, 5.41) is 18.5. The molecule has 0 bridgehead atoms. The maximum absolute atomic E-state index is 11.6. The summed E-state index contributed by atoms with van der Waals surface area (Å²) >= 11 is 1.15. The Kier molecular flexibility index (Phi) is 4.40. The Labute approximate surface area is 95.4 Å². The molecule has 0 atom stereocenters. The average Bonchev–Trinajstić information content (AvgIpc) is 2.69. The number of amides is 2. The lowest BCUT2D eigenvalue weighted by molar-refractivity contribution is -0.137. The predicted octanol–water partition coefficient (Wildman–Crippen LogP) is 0.643. The zero-order chi connectivity index (χ0) is 12.0. The van der Waals surface area contributed by atoms with Gasteiger partial charge in [-0.3, -0.25) is 10.1 Å². The van der Waals surface area contributed by atoms with E-state index in [9.17, 15) is 9.59 Å². The molecule has 0 fully saturated rings. The quantitative estimate of drug-likeness (QED) is 0.739. The lowest BCUT2D eigenvalue weighted by atomic mass is 10.5. The summed E-state index contributed by atoms with van der Waals surface area (Å²) in [5.74, 6) is -1.09. The van der Waals surface area contributed by atoms with Crippen molar-refractivity contribution >= 4 is 28.5 Å². The van der Waals surface area contributed by atoms with E-state index in [4.69, 9.17) is 5.11 Å². The molecule has 0 aromatic carbocycles. The number of aliphatic carboxylic acids is 1. The lowest BCUT2D eigenvalue weighted by Gasteiger charge is -2.18. The number of nitrogens with zero attached hydrogens (tertiary/aromatic N) is 3. The van der Waals surface area contributed by atoms with Crippen LogP contribution in [0.4, 0.5) is 9.93 Å². The van der Waals surface area contributed by atoms with Crippen LogP contribution in [0.1, 0.15) is 0 Å². The summed E-state index contributed by atoms with van der Waals surface area (Å²) in [6.07, 6.45) is 1.45. The molecule has 0 saturated heterocycles. The molecule has 0 aliphatic carbocycles. The molecule has 86 valence electrons. The van der Waals surface area contributed by atoms with Gasteiger partial charge in [-0.2, -0.15) is 0 Å². The van der Waals surface area contributed by atoms with Crippen LogP contribution in [0, 0.1) is 0 Å². The Morgan fingerprint density at radius 2 is 2.44 bits per heavy atom. The number of hydrogen-bond acceptors (Lipinski definition) is 5. The number of urea groups is 1.